The Kier molecular flexibility index (Phi) is 6.39. The first-order valence-electron chi connectivity index (χ1n) is 10.8. The fraction of sp³-hybridized carbons (Fsp3) is 0.143. The molecule has 34 heavy (non-hydrogen) atoms. The zero-order valence-corrected chi connectivity index (χ0v) is 20.6. The summed E-state index contributed by atoms with van der Waals surface area (Å²) in [6, 6.07) is 22.3. The number of hydrogen-bond donors (Lipinski definition) is 3. The quantitative estimate of drug-likeness (QED) is 0.204. The molecule has 0 unspecified atom stereocenters. The van der Waals surface area contributed by atoms with Crippen molar-refractivity contribution in [1.29, 1.82) is 5.41 Å². The lowest BCUT2D eigenvalue weighted by Gasteiger charge is -2.23. The van der Waals surface area contributed by atoms with Crippen LogP contribution in [0.4, 0.5) is 0 Å². The molecule has 0 aliphatic carbocycles. The molecule has 1 amide bonds. The topological polar surface area (TPSA) is 73.2 Å². The highest BCUT2D eigenvalue weighted by Gasteiger charge is 2.24. The van der Waals surface area contributed by atoms with Gasteiger partial charge in [0.15, 0.2) is 0 Å². The number of benzene rings is 4. The van der Waals surface area contributed by atoms with Crippen LogP contribution in [0.2, 0.25) is 10.0 Å². The summed E-state index contributed by atoms with van der Waals surface area (Å²) in [7, 11) is 0. The molecule has 0 fully saturated rings. The third kappa shape index (κ3) is 4.52. The Hall–Kier alpha value is -3.34. The largest absolute Gasteiger partial charge is 0.507 e. The summed E-state index contributed by atoms with van der Waals surface area (Å²) in [5, 5.41) is 24.9. The Morgan fingerprint density at radius 1 is 0.882 bits per heavy atom. The van der Waals surface area contributed by atoms with Crippen LogP contribution in [0.5, 0.6) is 5.75 Å². The summed E-state index contributed by atoms with van der Waals surface area (Å²) < 4.78 is 0. The number of nitrogens with one attached hydrogen (secondary N) is 2. The van der Waals surface area contributed by atoms with E-state index in [1.165, 1.54) is 0 Å². The van der Waals surface area contributed by atoms with Gasteiger partial charge >= 0.3 is 0 Å². The fourth-order valence-electron chi connectivity index (χ4n) is 3.88. The Morgan fingerprint density at radius 2 is 1.50 bits per heavy atom. The van der Waals surface area contributed by atoms with E-state index in [4.69, 9.17) is 28.6 Å². The molecule has 0 atom stereocenters. The van der Waals surface area contributed by atoms with Gasteiger partial charge in [0.1, 0.15) is 11.6 Å². The van der Waals surface area contributed by atoms with Crippen LogP contribution in [0.25, 0.3) is 21.9 Å². The smallest absolute Gasteiger partial charge is 0.259 e. The Labute approximate surface area is 208 Å². The number of rotatable bonds is 3. The van der Waals surface area contributed by atoms with Crippen LogP contribution in [-0.4, -0.2) is 16.8 Å². The molecule has 4 rings (SSSR count). The van der Waals surface area contributed by atoms with E-state index >= 15 is 0 Å². The molecule has 6 heteroatoms. The number of carbonyl (C=O) groups excluding carboxylic acids is 1. The average molecular weight is 491 g/mol. The summed E-state index contributed by atoms with van der Waals surface area (Å²) >= 11 is 12.3. The second-order valence-corrected chi connectivity index (χ2v) is 9.94. The van der Waals surface area contributed by atoms with Gasteiger partial charge in [-0.05, 0) is 51.6 Å². The van der Waals surface area contributed by atoms with E-state index in [1.807, 2.05) is 48.5 Å². The lowest BCUT2D eigenvalue weighted by Crippen LogP contribution is -2.31. The first-order chi connectivity index (χ1) is 16.1. The molecule has 0 heterocycles. The number of fused-ring (bicyclic) bond motifs is 1. The van der Waals surface area contributed by atoms with Crippen molar-refractivity contribution in [1.82, 2.24) is 5.32 Å². The second kappa shape index (κ2) is 9.13. The van der Waals surface area contributed by atoms with E-state index in [-0.39, 0.29) is 38.2 Å². The van der Waals surface area contributed by atoms with Gasteiger partial charge in [-0.1, -0.05) is 92.5 Å². The molecule has 4 aromatic rings. The second-order valence-electron chi connectivity index (χ2n) is 9.12. The molecule has 0 bridgehead atoms. The van der Waals surface area contributed by atoms with Crippen molar-refractivity contribution in [2.24, 2.45) is 0 Å². The van der Waals surface area contributed by atoms with Crippen LogP contribution in [0.3, 0.4) is 0 Å². The predicted octanol–water partition coefficient (Wildman–Crippen LogP) is 7.57. The highest BCUT2D eigenvalue weighted by molar-refractivity contribution is 6.40. The molecular weight excluding hydrogens is 467 g/mol. The van der Waals surface area contributed by atoms with E-state index in [2.05, 4.69) is 26.1 Å². The number of phenolic OH excluding ortho intramolecular Hbond substituents is 1. The fourth-order valence-corrected chi connectivity index (χ4v) is 4.45. The molecule has 0 spiro atoms. The Balaban J connectivity index is 1.85. The van der Waals surface area contributed by atoms with Crippen LogP contribution >= 0.6 is 23.2 Å². The van der Waals surface area contributed by atoms with Crippen molar-refractivity contribution in [2.45, 2.75) is 26.2 Å². The van der Waals surface area contributed by atoms with Crippen molar-refractivity contribution < 1.29 is 9.90 Å². The highest BCUT2D eigenvalue weighted by atomic mass is 35.5. The van der Waals surface area contributed by atoms with Gasteiger partial charge in [-0.2, -0.15) is 0 Å². The minimum Gasteiger partial charge on any atom is -0.507 e. The molecule has 0 saturated carbocycles. The zero-order valence-electron chi connectivity index (χ0n) is 19.0. The van der Waals surface area contributed by atoms with E-state index in [9.17, 15) is 9.90 Å². The van der Waals surface area contributed by atoms with Gasteiger partial charge < -0.3 is 10.4 Å². The van der Waals surface area contributed by atoms with Gasteiger partial charge in [0, 0.05) is 5.56 Å². The predicted molar refractivity (Wildman–Crippen MR) is 141 cm³/mol. The highest BCUT2D eigenvalue weighted by Crippen LogP contribution is 2.40. The van der Waals surface area contributed by atoms with Gasteiger partial charge in [-0.25, -0.2) is 0 Å². The molecule has 0 saturated heterocycles. The average Bonchev–Trinajstić information content (AvgIpc) is 2.78. The summed E-state index contributed by atoms with van der Waals surface area (Å²) in [5.74, 6) is -0.946. The van der Waals surface area contributed by atoms with E-state index < -0.39 is 5.91 Å². The van der Waals surface area contributed by atoms with Crippen LogP contribution < -0.4 is 5.32 Å². The SMILES string of the molecule is CC(C)(C)c1cc(C(=N)NC(=O)c2c(Cl)cccc2Cl)c(O)c(-c2cccc3ccccc23)c1. The number of phenols is 1. The standard InChI is InChI=1S/C28H24Cl2N2O2/c1-28(2,3)17-14-20(19-11-6-9-16-8-4-5-10-18(16)19)25(33)21(15-17)26(31)32-27(34)24-22(29)12-7-13-23(24)30/h4-15,33H,1-3H3,(H2,31,32,34). The van der Waals surface area contributed by atoms with Gasteiger partial charge in [-0.3, -0.25) is 10.2 Å². The van der Waals surface area contributed by atoms with Gasteiger partial charge in [-0.15, -0.1) is 0 Å². The lowest BCUT2D eigenvalue weighted by molar-refractivity contribution is 0.0977. The van der Waals surface area contributed by atoms with E-state index in [0.29, 0.717) is 5.56 Å². The molecule has 0 aliphatic heterocycles. The minimum absolute atomic E-state index is 0.0799. The van der Waals surface area contributed by atoms with Gasteiger partial charge in [0.25, 0.3) is 5.91 Å². The number of amidine groups is 1. The van der Waals surface area contributed by atoms with Crippen LogP contribution in [0.15, 0.2) is 72.8 Å². The van der Waals surface area contributed by atoms with Crippen molar-refractivity contribution in [3.8, 4) is 16.9 Å². The number of amides is 1. The first kappa shape index (κ1) is 23.8. The molecule has 172 valence electrons. The minimum atomic E-state index is -0.618. The van der Waals surface area contributed by atoms with Crippen LogP contribution in [0, 0.1) is 5.41 Å². The summed E-state index contributed by atoms with van der Waals surface area (Å²) in [6.07, 6.45) is 0. The molecule has 0 aromatic heterocycles. The summed E-state index contributed by atoms with van der Waals surface area (Å²) in [6.45, 7) is 6.17. The number of hydrogen-bond acceptors (Lipinski definition) is 3. The van der Waals surface area contributed by atoms with Crippen LogP contribution in [0.1, 0.15) is 42.3 Å². The molecule has 3 N–H and O–H groups in total. The van der Waals surface area contributed by atoms with E-state index in [0.717, 1.165) is 21.9 Å². The number of aromatic hydroxyl groups is 1. The number of halogens is 2. The molecule has 0 aliphatic rings. The lowest BCUT2D eigenvalue weighted by atomic mass is 9.83. The maximum Gasteiger partial charge on any atom is 0.259 e. The first-order valence-corrected chi connectivity index (χ1v) is 11.5. The third-order valence-electron chi connectivity index (χ3n) is 5.75. The van der Waals surface area contributed by atoms with Gasteiger partial charge in [0.05, 0.1) is 21.2 Å². The van der Waals surface area contributed by atoms with Crippen LogP contribution in [-0.2, 0) is 5.41 Å². The molecular formula is C28H24Cl2N2O2. The van der Waals surface area contributed by atoms with Gasteiger partial charge in [0.2, 0.25) is 0 Å². The Morgan fingerprint density at radius 3 is 2.18 bits per heavy atom. The maximum absolute atomic E-state index is 12.9. The zero-order chi connectivity index (χ0) is 24.6. The molecule has 4 nitrogen and oxygen atoms in total. The molecule has 0 radical (unpaired) electrons. The van der Waals surface area contributed by atoms with Crippen molar-refractivity contribution in [3.63, 3.8) is 0 Å². The molecule has 4 aromatic carbocycles. The maximum atomic E-state index is 12.9. The monoisotopic (exact) mass is 490 g/mol. The Bertz CT molecular complexity index is 1410. The van der Waals surface area contributed by atoms with Crippen molar-refractivity contribution >= 4 is 45.7 Å². The van der Waals surface area contributed by atoms with E-state index in [1.54, 1.807) is 24.3 Å². The third-order valence-corrected chi connectivity index (χ3v) is 6.38. The number of carbonyl (C=O) groups is 1. The summed E-state index contributed by atoms with van der Waals surface area (Å²) in [5.41, 5.74) is 2.38. The van der Waals surface area contributed by atoms with Crippen molar-refractivity contribution in [3.05, 3.63) is 99.5 Å². The summed E-state index contributed by atoms with van der Waals surface area (Å²) in [4.78, 5) is 12.9. The normalized spacial score (nSPS) is 11.4. The van der Waals surface area contributed by atoms with Crippen molar-refractivity contribution in [2.75, 3.05) is 0 Å².